The molecule has 1 aromatic heterocycles. The van der Waals surface area contributed by atoms with Gasteiger partial charge in [-0.25, -0.2) is 4.98 Å². The Labute approximate surface area is 152 Å². The maximum absolute atomic E-state index is 12.5. The number of methoxy groups -OCH3 is 2. The molecule has 0 saturated heterocycles. The van der Waals surface area contributed by atoms with Crippen LogP contribution in [0.5, 0.6) is 28.9 Å². The zero-order valence-electron chi connectivity index (χ0n) is 14.4. The minimum atomic E-state index is -0.894. The molecule has 0 radical (unpaired) electrons. The van der Waals surface area contributed by atoms with Crippen LogP contribution in [0.3, 0.4) is 0 Å². The van der Waals surface area contributed by atoms with Gasteiger partial charge in [-0.05, 0) is 6.07 Å². The number of nitrogens with two attached hydrogens (primary N) is 1. The molecule has 3 heterocycles. The number of rotatable bonds is 3. The van der Waals surface area contributed by atoms with Crippen LogP contribution in [0.1, 0.15) is 17.0 Å². The van der Waals surface area contributed by atoms with Gasteiger partial charge in [-0.2, -0.15) is 5.26 Å². The minimum absolute atomic E-state index is 0.0128. The minimum Gasteiger partial charge on any atom is -0.493 e. The average Bonchev–Trinajstić information content (AvgIpc) is 3.15. The molecule has 138 valence electrons. The number of aromatic nitrogens is 2. The number of allylic oxidation sites excluding steroid dienone is 1. The molecule has 0 aliphatic carbocycles. The van der Waals surface area contributed by atoms with Gasteiger partial charge in [0, 0.05) is 5.56 Å². The van der Waals surface area contributed by atoms with Crippen LogP contribution in [0.25, 0.3) is 0 Å². The molecule has 1 aromatic carbocycles. The molecular formula is C17H14N4O6. The molecule has 0 saturated carbocycles. The third kappa shape index (κ3) is 2.32. The lowest BCUT2D eigenvalue weighted by Gasteiger charge is -2.26. The van der Waals surface area contributed by atoms with Gasteiger partial charge in [-0.1, -0.05) is 0 Å². The van der Waals surface area contributed by atoms with Crippen molar-refractivity contribution in [1.82, 2.24) is 9.97 Å². The first-order chi connectivity index (χ1) is 13.1. The van der Waals surface area contributed by atoms with Crippen LogP contribution in [-0.4, -0.2) is 31.0 Å². The number of nitriles is 1. The fraction of sp³-hybridized carbons (Fsp3) is 0.235. The monoisotopic (exact) mass is 370 g/mol. The van der Waals surface area contributed by atoms with Gasteiger partial charge in [0.2, 0.25) is 30.1 Å². The van der Waals surface area contributed by atoms with Crippen molar-refractivity contribution in [3.05, 3.63) is 45.3 Å². The van der Waals surface area contributed by atoms with E-state index in [0.29, 0.717) is 28.6 Å². The van der Waals surface area contributed by atoms with Crippen LogP contribution >= 0.6 is 0 Å². The lowest BCUT2D eigenvalue weighted by atomic mass is 9.84. The Bertz CT molecular complexity index is 1070. The SMILES string of the molecule is COc1cc([C@@H]2C(C#N)=C(N)Oc3nc[nH]c(=O)c32)c(OC)c2c1OCO2. The third-order valence-corrected chi connectivity index (χ3v) is 4.35. The zero-order valence-corrected chi connectivity index (χ0v) is 14.4. The highest BCUT2D eigenvalue weighted by Crippen LogP contribution is 2.54. The van der Waals surface area contributed by atoms with Crippen molar-refractivity contribution in [3.63, 3.8) is 0 Å². The van der Waals surface area contributed by atoms with Gasteiger partial charge in [0.1, 0.15) is 11.6 Å². The Hall–Kier alpha value is -3.87. The molecule has 0 amide bonds. The fourth-order valence-electron chi connectivity index (χ4n) is 3.22. The topological polar surface area (TPSA) is 142 Å². The summed E-state index contributed by atoms with van der Waals surface area (Å²) in [5.74, 6) is 0.324. The number of hydrogen-bond donors (Lipinski definition) is 2. The molecule has 0 bridgehead atoms. The normalized spacial score (nSPS) is 17.0. The van der Waals surface area contributed by atoms with Gasteiger partial charge >= 0.3 is 0 Å². The molecule has 27 heavy (non-hydrogen) atoms. The summed E-state index contributed by atoms with van der Waals surface area (Å²) in [5, 5.41) is 9.66. The molecular weight excluding hydrogens is 356 g/mol. The Morgan fingerprint density at radius 3 is 2.81 bits per heavy atom. The number of nitrogens with zero attached hydrogens (tertiary/aromatic N) is 2. The number of fused-ring (bicyclic) bond motifs is 2. The predicted molar refractivity (Wildman–Crippen MR) is 89.8 cm³/mol. The molecule has 2 aliphatic heterocycles. The fourth-order valence-corrected chi connectivity index (χ4v) is 3.22. The van der Waals surface area contributed by atoms with Gasteiger partial charge in [0.05, 0.1) is 32.0 Å². The van der Waals surface area contributed by atoms with Crippen LogP contribution in [0, 0.1) is 11.3 Å². The second-order valence-electron chi connectivity index (χ2n) is 5.64. The molecule has 4 rings (SSSR count). The number of ether oxygens (including phenoxy) is 5. The highest BCUT2D eigenvalue weighted by Gasteiger charge is 2.39. The molecule has 10 nitrogen and oxygen atoms in total. The van der Waals surface area contributed by atoms with Crippen molar-refractivity contribution in [2.24, 2.45) is 5.73 Å². The van der Waals surface area contributed by atoms with Crippen molar-refractivity contribution < 1.29 is 23.7 Å². The number of hydrogen-bond acceptors (Lipinski definition) is 9. The number of aromatic amines is 1. The third-order valence-electron chi connectivity index (χ3n) is 4.35. The van der Waals surface area contributed by atoms with E-state index in [9.17, 15) is 10.1 Å². The Balaban J connectivity index is 2.07. The molecule has 0 unspecified atom stereocenters. The van der Waals surface area contributed by atoms with Gasteiger partial charge in [-0.15, -0.1) is 0 Å². The summed E-state index contributed by atoms with van der Waals surface area (Å²) in [6.45, 7) is -0.0128. The summed E-state index contributed by atoms with van der Waals surface area (Å²) >= 11 is 0. The number of nitrogens with one attached hydrogen (secondary N) is 1. The summed E-state index contributed by atoms with van der Waals surface area (Å²) in [6, 6.07) is 3.62. The first kappa shape index (κ1) is 16.6. The molecule has 2 aliphatic rings. The molecule has 1 atom stereocenters. The molecule has 3 N–H and O–H groups in total. The quantitative estimate of drug-likeness (QED) is 0.799. The van der Waals surface area contributed by atoms with Crippen LogP contribution in [0.15, 0.2) is 28.6 Å². The van der Waals surface area contributed by atoms with E-state index in [4.69, 9.17) is 29.4 Å². The Morgan fingerprint density at radius 1 is 1.33 bits per heavy atom. The van der Waals surface area contributed by atoms with E-state index < -0.39 is 11.5 Å². The van der Waals surface area contributed by atoms with E-state index >= 15 is 0 Å². The van der Waals surface area contributed by atoms with Crippen LogP contribution < -0.4 is 35.0 Å². The zero-order chi connectivity index (χ0) is 19.1. The maximum Gasteiger partial charge on any atom is 0.258 e. The van der Waals surface area contributed by atoms with E-state index in [0.717, 1.165) is 0 Å². The summed E-state index contributed by atoms with van der Waals surface area (Å²) in [4.78, 5) is 19.0. The lowest BCUT2D eigenvalue weighted by Crippen LogP contribution is -2.28. The summed E-state index contributed by atoms with van der Waals surface area (Å²) in [6.07, 6.45) is 1.19. The van der Waals surface area contributed by atoms with Crippen LogP contribution in [0.2, 0.25) is 0 Å². The first-order valence-corrected chi connectivity index (χ1v) is 7.80. The second kappa shape index (κ2) is 6.14. The lowest BCUT2D eigenvalue weighted by molar-refractivity contribution is 0.168. The largest absolute Gasteiger partial charge is 0.493 e. The molecule has 2 aromatic rings. The van der Waals surface area contributed by atoms with E-state index in [1.807, 2.05) is 6.07 Å². The highest BCUT2D eigenvalue weighted by atomic mass is 16.7. The van der Waals surface area contributed by atoms with Crippen molar-refractivity contribution in [1.29, 1.82) is 5.26 Å². The summed E-state index contributed by atoms with van der Waals surface area (Å²) < 4.78 is 27.2. The smallest absolute Gasteiger partial charge is 0.258 e. The second-order valence-corrected chi connectivity index (χ2v) is 5.64. The van der Waals surface area contributed by atoms with E-state index in [1.54, 1.807) is 6.07 Å². The Kier molecular flexibility index (Phi) is 3.77. The van der Waals surface area contributed by atoms with E-state index in [-0.39, 0.29) is 29.7 Å². The molecule has 0 spiro atoms. The van der Waals surface area contributed by atoms with Crippen LogP contribution in [0.4, 0.5) is 0 Å². The number of H-pyrrole nitrogens is 1. The van der Waals surface area contributed by atoms with Gasteiger partial charge in [0.25, 0.3) is 5.56 Å². The van der Waals surface area contributed by atoms with Crippen molar-refractivity contribution in [2.75, 3.05) is 21.0 Å². The van der Waals surface area contributed by atoms with Crippen LogP contribution in [-0.2, 0) is 0 Å². The van der Waals surface area contributed by atoms with E-state index in [2.05, 4.69) is 9.97 Å². The van der Waals surface area contributed by atoms with Crippen molar-refractivity contribution >= 4 is 0 Å². The molecule has 0 fully saturated rings. The van der Waals surface area contributed by atoms with E-state index in [1.165, 1.54) is 20.5 Å². The Morgan fingerprint density at radius 2 is 2.11 bits per heavy atom. The van der Waals surface area contributed by atoms with Gasteiger partial charge in [-0.3, -0.25) is 4.79 Å². The standard InChI is InChI=1S/C17H14N4O6/c1-23-9-3-7(12(24-2)14-13(9)25-6-26-14)10-8(4-18)15(19)27-17-11(10)16(22)20-5-21-17/h3,5,10H,6,19H2,1-2H3,(H,20,21,22)/t10-/m1/s1. The van der Waals surface area contributed by atoms with Crippen molar-refractivity contribution in [3.8, 4) is 34.9 Å². The van der Waals surface area contributed by atoms with Crippen molar-refractivity contribution in [2.45, 2.75) is 5.92 Å². The highest BCUT2D eigenvalue weighted by molar-refractivity contribution is 5.68. The summed E-state index contributed by atoms with van der Waals surface area (Å²) in [5.41, 5.74) is 6.04. The summed E-state index contributed by atoms with van der Waals surface area (Å²) in [7, 11) is 2.91. The number of benzene rings is 1. The van der Waals surface area contributed by atoms with Gasteiger partial charge < -0.3 is 34.4 Å². The predicted octanol–water partition coefficient (Wildman–Crippen LogP) is 0.734. The first-order valence-electron chi connectivity index (χ1n) is 7.80. The molecule has 10 heteroatoms. The maximum atomic E-state index is 12.5. The van der Waals surface area contributed by atoms with Gasteiger partial charge in [0.15, 0.2) is 11.5 Å². The average molecular weight is 370 g/mol.